The Morgan fingerprint density at radius 3 is 2.89 bits per heavy atom. The fourth-order valence-corrected chi connectivity index (χ4v) is 2.90. The Hall–Kier alpha value is -0.720. The van der Waals surface area contributed by atoms with Gasteiger partial charge in [-0.15, -0.1) is 0 Å². The summed E-state index contributed by atoms with van der Waals surface area (Å²) in [6.07, 6.45) is 3.43. The molecule has 0 unspecified atom stereocenters. The number of aromatic nitrogens is 2. The van der Waals surface area contributed by atoms with Crippen LogP contribution in [-0.4, -0.2) is 42.4 Å². The van der Waals surface area contributed by atoms with Gasteiger partial charge < -0.3 is 10.1 Å². The van der Waals surface area contributed by atoms with Crippen LogP contribution in [-0.2, 0) is 11.3 Å². The summed E-state index contributed by atoms with van der Waals surface area (Å²) < 4.78 is 7.57. The first-order valence-electron chi connectivity index (χ1n) is 6.54. The summed E-state index contributed by atoms with van der Waals surface area (Å²) in [6, 6.07) is 0. The molecule has 0 spiro atoms. The van der Waals surface area contributed by atoms with Gasteiger partial charge in [-0.2, -0.15) is 5.10 Å². The lowest BCUT2D eigenvalue weighted by Crippen LogP contribution is -2.41. The molecule has 1 aliphatic rings. The molecule has 0 aromatic carbocycles. The zero-order chi connectivity index (χ0) is 13.9. The van der Waals surface area contributed by atoms with E-state index in [9.17, 15) is 4.79 Å². The van der Waals surface area contributed by atoms with Gasteiger partial charge in [-0.1, -0.05) is 6.92 Å². The van der Waals surface area contributed by atoms with Crippen molar-refractivity contribution in [2.24, 2.45) is 5.41 Å². The van der Waals surface area contributed by atoms with Gasteiger partial charge in [-0.25, -0.2) is 0 Å². The lowest BCUT2D eigenvalue weighted by atomic mass is 9.76. The zero-order valence-electron chi connectivity index (χ0n) is 11.4. The molecule has 1 saturated heterocycles. The fourth-order valence-electron chi connectivity index (χ4n) is 2.43. The molecule has 2 rings (SSSR count). The average Bonchev–Trinajstić information content (AvgIpc) is 2.77. The maximum absolute atomic E-state index is 12.8. The van der Waals surface area contributed by atoms with Crippen LogP contribution in [0.25, 0.3) is 0 Å². The molecule has 0 amide bonds. The molecule has 1 N–H and O–H groups in total. The number of hydrogen-bond acceptors (Lipinski definition) is 4. The number of piperidine rings is 1. The summed E-state index contributed by atoms with van der Waals surface area (Å²) in [6.45, 7) is 4.98. The van der Waals surface area contributed by atoms with Crippen molar-refractivity contribution in [2.75, 3.05) is 26.8 Å². The van der Waals surface area contributed by atoms with Crippen LogP contribution >= 0.6 is 15.9 Å². The monoisotopic (exact) mass is 329 g/mol. The number of Topliss-reactive ketones (excluding diaryl/α,β-unsaturated/α-hetero) is 1. The molecule has 106 valence electrons. The molecule has 0 aliphatic carbocycles. The second kappa shape index (κ2) is 6.15. The molecule has 6 heteroatoms. The molecule has 0 bridgehead atoms. The van der Waals surface area contributed by atoms with Crippen LogP contribution in [0.5, 0.6) is 0 Å². The van der Waals surface area contributed by atoms with Crippen molar-refractivity contribution in [2.45, 2.75) is 26.3 Å². The van der Waals surface area contributed by atoms with Crippen molar-refractivity contribution in [3.63, 3.8) is 0 Å². The van der Waals surface area contributed by atoms with E-state index >= 15 is 0 Å². The van der Waals surface area contributed by atoms with Crippen molar-refractivity contribution >= 4 is 21.7 Å². The van der Waals surface area contributed by atoms with Gasteiger partial charge in [0, 0.05) is 12.5 Å². The van der Waals surface area contributed by atoms with Crippen LogP contribution < -0.4 is 5.32 Å². The zero-order valence-corrected chi connectivity index (χ0v) is 13.0. The van der Waals surface area contributed by atoms with E-state index in [1.165, 1.54) is 0 Å². The number of nitrogens with zero attached hydrogens (tertiary/aromatic N) is 2. The van der Waals surface area contributed by atoms with Crippen LogP contribution in [0.4, 0.5) is 0 Å². The Morgan fingerprint density at radius 2 is 2.26 bits per heavy atom. The van der Waals surface area contributed by atoms with Gasteiger partial charge >= 0.3 is 0 Å². The van der Waals surface area contributed by atoms with E-state index < -0.39 is 0 Å². The summed E-state index contributed by atoms with van der Waals surface area (Å²) in [5.74, 6) is 0.175. The van der Waals surface area contributed by atoms with Crippen molar-refractivity contribution in [1.82, 2.24) is 15.1 Å². The Morgan fingerprint density at radius 1 is 1.58 bits per heavy atom. The topological polar surface area (TPSA) is 56.2 Å². The minimum Gasteiger partial charge on any atom is -0.383 e. The SMILES string of the molecule is COCCn1ncc(Br)c1C(=O)C1(C)CCNCC1. The van der Waals surface area contributed by atoms with E-state index in [1.54, 1.807) is 18.0 Å². The van der Waals surface area contributed by atoms with Crippen molar-refractivity contribution < 1.29 is 9.53 Å². The number of rotatable bonds is 5. The lowest BCUT2D eigenvalue weighted by Gasteiger charge is -2.32. The van der Waals surface area contributed by atoms with Gasteiger partial charge in [-0.3, -0.25) is 9.48 Å². The number of carbonyl (C=O) groups is 1. The predicted molar refractivity (Wildman–Crippen MR) is 76.3 cm³/mol. The van der Waals surface area contributed by atoms with Crippen molar-refractivity contribution in [1.29, 1.82) is 0 Å². The Labute approximate surface area is 121 Å². The maximum Gasteiger partial charge on any atom is 0.187 e. The highest BCUT2D eigenvalue weighted by molar-refractivity contribution is 9.10. The molecular weight excluding hydrogens is 310 g/mol. The molecule has 0 radical (unpaired) electrons. The Bertz CT molecular complexity index is 453. The number of ether oxygens (including phenoxy) is 1. The number of ketones is 1. The molecule has 2 heterocycles. The lowest BCUT2D eigenvalue weighted by molar-refractivity contribution is 0.0746. The summed E-state index contributed by atoms with van der Waals surface area (Å²) >= 11 is 3.44. The van der Waals surface area contributed by atoms with E-state index in [1.807, 2.05) is 0 Å². The molecule has 1 fully saturated rings. The first kappa shape index (κ1) is 14.7. The van der Waals surface area contributed by atoms with Gasteiger partial charge in [0.25, 0.3) is 0 Å². The fraction of sp³-hybridized carbons (Fsp3) is 0.692. The van der Waals surface area contributed by atoms with Crippen LogP contribution in [0.3, 0.4) is 0 Å². The first-order chi connectivity index (χ1) is 9.08. The molecule has 1 aromatic rings. The highest BCUT2D eigenvalue weighted by Gasteiger charge is 2.37. The largest absolute Gasteiger partial charge is 0.383 e. The number of carbonyl (C=O) groups excluding carboxylic acids is 1. The smallest absolute Gasteiger partial charge is 0.187 e. The van der Waals surface area contributed by atoms with E-state index in [2.05, 4.69) is 33.3 Å². The van der Waals surface area contributed by atoms with Gasteiger partial charge in [0.05, 0.1) is 23.8 Å². The summed E-state index contributed by atoms with van der Waals surface area (Å²) in [4.78, 5) is 12.8. The third-order valence-electron chi connectivity index (χ3n) is 3.77. The van der Waals surface area contributed by atoms with E-state index in [4.69, 9.17) is 4.74 Å². The average molecular weight is 330 g/mol. The molecule has 19 heavy (non-hydrogen) atoms. The normalized spacial score (nSPS) is 18.5. The van der Waals surface area contributed by atoms with Crippen LogP contribution in [0.2, 0.25) is 0 Å². The number of methoxy groups -OCH3 is 1. The predicted octanol–water partition coefficient (Wildman–Crippen LogP) is 1.86. The molecule has 1 aliphatic heterocycles. The number of nitrogens with one attached hydrogen (secondary N) is 1. The van der Waals surface area contributed by atoms with Gasteiger partial charge in [-0.05, 0) is 41.9 Å². The van der Waals surface area contributed by atoms with Crippen molar-refractivity contribution in [3.05, 3.63) is 16.4 Å². The van der Waals surface area contributed by atoms with Crippen LogP contribution in [0.1, 0.15) is 30.3 Å². The van der Waals surface area contributed by atoms with Crippen LogP contribution in [0.15, 0.2) is 10.7 Å². The minimum absolute atomic E-state index is 0.175. The first-order valence-corrected chi connectivity index (χ1v) is 7.33. The third-order valence-corrected chi connectivity index (χ3v) is 4.35. The highest BCUT2D eigenvalue weighted by atomic mass is 79.9. The van der Waals surface area contributed by atoms with Gasteiger partial charge in [0.15, 0.2) is 5.78 Å². The minimum atomic E-state index is -0.293. The standard InChI is InChI=1S/C13H20BrN3O2/c1-13(3-5-15-6-4-13)12(18)11-10(14)9-16-17(11)7-8-19-2/h9,15H,3-8H2,1-2H3. The summed E-state index contributed by atoms with van der Waals surface area (Å²) in [7, 11) is 1.65. The van der Waals surface area contributed by atoms with Gasteiger partial charge in [0.2, 0.25) is 0 Å². The van der Waals surface area contributed by atoms with E-state index in [0.29, 0.717) is 18.8 Å². The molecule has 1 aromatic heterocycles. The van der Waals surface area contributed by atoms with Crippen molar-refractivity contribution in [3.8, 4) is 0 Å². The molecule has 5 nitrogen and oxygen atoms in total. The molecule has 0 saturated carbocycles. The maximum atomic E-state index is 12.8. The van der Waals surface area contributed by atoms with Gasteiger partial charge in [0.1, 0.15) is 5.69 Å². The van der Waals surface area contributed by atoms with Crippen LogP contribution in [0, 0.1) is 5.41 Å². The second-order valence-corrected chi connectivity index (χ2v) is 6.05. The van der Waals surface area contributed by atoms with E-state index in [-0.39, 0.29) is 11.2 Å². The van der Waals surface area contributed by atoms with E-state index in [0.717, 1.165) is 30.4 Å². The number of halogens is 1. The molecular formula is C13H20BrN3O2. The summed E-state index contributed by atoms with van der Waals surface area (Å²) in [5, 5.41) is 7.55. The molecule has 0 atom stereocenters. The Balaban J connectivity index is 2.24. The highest BCUT2D eigenvalue weighted by Crippen LogP contribution is 2.34. The number of hydrogen-bond donors (Lipinski definition) is 1. The second-order valence-electron chi connectivity index (χ2n) is 5.20. The summed E-state index contributed by atoms with van der Waals surface area (Å²) in [5.41, 5.74) is 0.375. The Kier molecular flexibility index (Phi) is 4.76. The third kappa shape index (κ3) is 3.07. The quantitative estimate of drug-likeness (QED) is 0.838.